The zero-order valence-electron chi connectivity index (χ0n) is 26.6. The molecule has 0 amide bonds. The summed E-state index contributed by atoms with van der Waals surface area (Å²) in [4.78, 5) is 0. The number of halogens is 2. The van der Waals surface area contributed by atoms with E-state index in [0.29, 0.717) is 11.8 Å². The molecule has 0 fully saturated rings. The molecule has 2 heteroatoms. The number of benzene rings is 4. The van der Waals surface area contributed by atoms with Crippen LogP contribution in [-0.2, 0) is 5.41 Å². The number of hydrogen-bond acceptors (Lipinski definition) is 0. The maximum atomic E-state index is 13.9. The fourth-order valence-electron chi connectivity index (χ4n) is 7.53. The first kappa shape index (κ1) is 31.2. The Bertz CT molecular complexity index is 1370. The van der Waals surface area contributed by atoms with Crippen molar-refractivity contribution >= 4 is 0 Å². The van der Waals surface area contributed by atoms with Crippen LogP contribution in [0.5, 0.6) is 0 Å². The van der Waals surface area contributed by atoms with E-state index < -0.39 is 0 Å². The lowest BCUT2D eigenvalue weighted by atomic mass is 9.64. The van der Waals surface area contributed by atoms with Crippen LogP contribution >= 0.6 is 0 Å². The lowest BCUT2D eigenvalue weighted by molar-refractivity contribution is 0.266. The monoisotopic (exact) mass is 578 g/mol. The number of unbranched alkanes of at least 4 members (excludes halogenated alkanes) is 2. The van der Waals surface area contributed by atoms with Crippen molar-refractivity contribution in [1.82, 2.24) is 0 Å². The van der Waals surface area contributed by atoms with Crippen molar-refractivity contribution in [1.29, 1.82) is 0 Å². The summed E-state index contributed by atoms with van der Waals surface area (Å²) in [5.74, 6) is 0.851. The first-order chi connectivity index (χ1) is 20.9. The normalized spacial score (nSPS) is 14.7. The molecule has 0 N–H and O–H groups in total. The molecule has 2 unspecified atom stereocenters. The van der Waals surface area contributed by atoms with Gasteiger partial charge in [0.2, 0.25) is 0 Å². The highest BCUT2D eigenvalue weighted by Gasteiger charge is 2.45. The molecule has 1 aliphatic carbocycles. The van der Waals surface area contributed by atoms with Gasteiger partial charge in [-0.15, -0.1) is 0 Å². The minimum atomic E-state index is -0.205. The molecule has 2 atom stereocenters. The first-order valence-electron chi connectivity index (χ1n) is 16.7. The Morgan fingerprint density at radius 1 is 0.512 bits per heavy atom. The molecule has 43 heavy (non-hydrogen) atoms. The van der Waals surface area contributed by atoms with Crippen molar-refractivity contribution in [2.45, 2.75) is 97.3 Å². The van der Waals surface area contributed by atoms with Gasteiger partial charge in [-0.25, -0.2) is 8.78 Å². The predicted octanol–water partition coefficient (Wildman–Crippen LogP) is 12.8. The lowest BCUT2D eigenvalue weighted by Gasteiger charge is -2.39. The summed E-state index contributed by atoms with van der Waals surface area (Å²) < 4.78 is 27.7. The van der Waals surface area contributed by atoms with Gasteiger partial charge in [0.25, 0.3) is 0 Å². The van der Waals surface area contributed by atoms with E-state index in [4.69, 9.17) is 0 Å². The summed E-state index contributed by atoms with van der Waals surface area (Å²) in [7, 11) is 0. The zero-order valence-corrected chi connectivity index (χ0v) is 26.6. The molecule has 0 spiro atoms. The van der Waals surface area contributed by atoms with Gasteiger partial charge in [0.05, 0.1) is 0 Å². The molecule has 4 aromatic rings. The molecule has 0 radical (unpaired) electrons. The number of hydrogen-bond donors (Lipinski definition) is 0. The van der Waals surface area contributed by atoms with Crippen LogP contribution in [0.1, 0.15) is 103 Å². The van der Waals surface area contributed by atoms with Gasteiger partial charge in [-0.05, 0) is 106 Å². The minimum Gasteiger partial charge on any atom is -0.207 e. The van der Waals surface area contributed by atoms with Crippen LogP contribution in [0.2, 0.25) is 0 Å². The second-order valence-electron chi connectivity index (χ2n) is 12.9. The molecular formula is C41H48F2. The topological polar surface area (TPSA) is 0 Å². The third kappa shape index (κ3) is 6.64. The van der Waals surface area contributed by atoms with Crippen molar-refractivity contribution in [2.75, 3.05) is 0 Å². The van der Waals surface area contributed by atoms with Gasteiger partial charge < -0.3 is 0 Å². The highest BCUT2D eigenvalue weighted by atomic mass is 19.1. The highest BCUT2D eigenvalue weighted by molar-refractivity contribution is 5.86. The standard InChI is InChI=1S/C41H48F2/c1-5-9-11-29(7-3)27-41(28-30(8-4)12-10-6-2)39-25-33(31-13-19-35(42)20-14-31)17-23-37(39)38-24-18-34(26-40(38)41)32-15-21-36(43)22-16-32/h13-26,29-30H,5-12,27-28H2,1-4H3. The minimum absolute atomic E-state index is 0.112. The van der Waals surface area contributed by atoms with Gasteiger partial charge in [-0.2, -0.15) is 0 Å². The molecule has 1 aliphatic rings. The van der Waals surface area contributed by atoms with Gasteiger partial charge in [-0.3, -0.25) is 0 Å². The van der Waals surface area contributed by atoms with E-state index in [9.17, 15) is 8.78 Å². The van der Waals surface area contributed by atoms with Crippen molar-refractivity contribution in [3.63, 3.8) is 0 Å². The molecule has 0 saturated heterocycles. The van der Waals surface area contributed by atoms with E-state index in [1.165, 1.54) is 73.6 Å². The van der Waals surface area contributed by atoms with E-state index in [-0.39, 0.29) is 17.0 Å². The van der Waals surface area contributed by atoms with Gasteiger partial charge in [0, 0.05) is 5.41 Å². The van der Waals surface area contributed by atoms with Crippen LogP contribution in [0, 0.1) is 23.5 Å². The van der Waals surface area contributed by atoms with E-state index in [2.05, 4.69) is 64.1 Å². The summed E-state index contributed by atoms with van der Waals surface area (Å²) in [6.07, 6.45) is 12.1. The van der Waals surface area contributed by atoms with Gasteiger partial charge in [0.15, 0.2) is 0 Å². The molecule has 5 rings (SSSR count). The number of rotatable bonds is 14. The molecule has 0 aliphatic heterocycles. The molecular weight excluding hydrogens is 530 g/mol. The molecule has 0 heterocycles. The molecule has 226 valence electrons. The Morgan fingerprint density at radius 2 is 0.884 bits per heavy atom. The molecule has 0 saturated carbocycles. The average molecular weight is 579 g/mol. The fraction of sp³-hybridized carbons (Fsp3) is 0.415. The second-order valence-corrected chi connectivity index (χ2v) is 12.9. The van der Waals surface area contributed by atoms with Crippen molar-refractivity contribution in [2.24, 2.45) is 11.8 Å². The Labute approximate surface area is 258 Å². The van der Waals surface area contributed by atoms with Crippen molar-refractivity contribution in [3.8, 4) is 33.4 Å². The van der Waals surface area contributed by atoms with Gasteiger partial charge >= 0.3 is 0 Å². The summed E-state index contributed by atoms with van der Waals surface area (Å²) in [5, 5.41) is 0. The summed E-state index contributed by atoms with van der Waals surface area (Å²) in [6, 6.07) is 27.8. The average Bonchev–Trinajstić information content (AvgIpc) is 3.29. The maximum absolute atomic E-state index is 13.9. The second kappa shape index (κ2) is 14.0. The Balaban J connectivity index is 1.73. The molecule has 0 nitrogen and oxygen atoms in total. The van der Waals surface area contributed by atoms with Crippen LogP contribution in [0.15, 0.2) is 84.9 Å². The highest BCUT2D eigenvalue weighted by Crippen LogP contribution is 2.57. The number of fused-ring (bicyclic) bond motifs is 3. The van der Waals surface area contributed by atoms with Crippen molar-refractivity contribution in [3.05, 3.63) is 108 Å². The third-order valence-corrected chi connectivity index (χ3v) is 10.1. The SMILES string of the molecule is CCCCC(CC)CC1(CC(CC)CCCC)c2cc(-c3ccc(F)cc3)ccc2-c2ccc(-c3ccc(F)cc3)cc21. The van der Waals surface area contributed by atoms with Crippen LogP contribution < -0.4 is 0 Å². The van der Waals surface area contributed by atoms with E-state index >= 15 is 0 Å². The Kier molecular flexibility index (Phi) is 10.2. The quantitative estimate of drug-likeness (QED) is 0.140. The van der Waals surface area contributed by atoms with Crippen LogP contribution in [0.25, 0.3) is 33.4 Å². The third-order valence-electron chi connectivity index (χ3n) is 10.1. The largest absolute Gasteiger partial charge is 0.207 e. The van der Waals surface area contributed by atoms with E-state index in [0.717, 1.165) is 35.1 Å². The smallest absolute Gasteiger partial charge is 0.123 e. The first-order valence-corrected chi connectivity index (χ1v) is 16.7. The lowest BCUT2D eigenvalue weighted by Crippen LogP contribution is -2.31. The van der Waals surface area contributed by atoms with Crippen molar-refractivity contribution < 1.29 is 8.78 Å². The van der Waals surface area contributed by atoms with Gasteiger partial charge in [0.1, 0.15) is 11.6 Å². The molecule has 0 bridgehead atoms. The van der Waals surface area contributed by atoms with Gasteiger partial charge in [-0.1, -0.05) is 128 Å². The maximum Gasteiger partial charge on any atom is 0.123 e. The fourth-order valence-corrected chi connectivity index (χ4v) is 7.53. The van der Waals surface area contributed by atoms with Crippen LogP contribution in [0.3, 0.4) is 0 Å². The Hall–Kier alpha value is -3.26. The van der Waals surface area contributed by atoms with E-state index in [1.54, 1.807) is 24.3 Å². The van der Waals surface area contributed by atoms with Crippen LogP contribution in [-0.4, -0.2) is 0 Å². The summed E-state index contributed by atoms with van der Waals surface area (Å²) in [5.41, 5.74) is 9.84. The van der Waals surface area contributed by atoms with Crippen LogP contribution in [0.4, 0.5) is 8.78 Å². The summed E-state index contributed by atoms with van der Waals surface area (Å²) >= 11 is 0. The predicted molar refractivity (Wildman–Crippen MR) is 179 cm³/mol. The summed E-state index contributed by atoms with van der Waals surface area (Å²) in [6.45, 7) is 9.32. The Morgan fingerprint density at radius 3 is 1.23 bits per heavy atom. The zero-order chi connectivity index (χ0) is 30.4. The molecule has 4 aromatic carbocycles. The molecule has 0 aromatic heterocycles. The van der Waals surface area contributed by atoms with E-state index in [1.807, 2.05) is 24.3 Å².